The lowest BCUT2D eigenvalue weighted by molar-refractivity contribution is -0.112. The van der Waals surface area contributed by atoms with Crippen molar-refractivity contribution in [1.29, 1.82) is 0 Å². The summed E-state index contributed by atoms with van der Waals surface area (Å²) >= 11 is 0. The van der Waals surface area contributed by atoms with Crippen molar-refractivity contribution in [3.05, 3.63) is 12.2 Å². The van der Waals surface area contributed by atoms with E-state index in [1.54, 1.807) is 13.0 Å². The van der Waals surface area contributed by atoms with Gasteiger partial charge < -0.3 is 0 Å². The molecule has 0 saturated carbocycles. The first kappa shape index (κ1) is 6.41. The van der Waals surface area contributed by atoms with Gasteiger partial charge in [0.05, 0.1) is 0 Å². The second kappa shape index (κ2) is 3.59. The number of hydrogen-bond acceptors (Lipinski definition) is 1. The molecule has 0 fully saturated rings. The second-order valence-electron chi connectivity index (χ2n) is 1.42. The van der Waals surface area contributed by atoms with Crippen molar-refractivity contribution in [1.82, 2.24) is 0 Å². The zero-order valence-corrected chi connectivity index (χ0v) is 4.77. The second-order valence-corrected chi connectivity index (χ2v) is 1.42. The highest BCUT2D eigenvalue weighted by Gasteiger charge is 1.75. The molecule has 0 aromatic carbocycles. The monoisotopic (exact) mass is 98.1 g/mol. The molecule has 0 spiro atoms. The summed E-state index contributed by atoms with van der Waals surface area (Å²) in [5, 5.41) is 0. The van der Waals surface area contributed by atoms with Crippen LogP contribution in [-0.4, -0.2) is 5.78 Å². The van der Waals surface area contributed by atoms with E-state index in [0.29, 0.717) is 0 Å². The van der Waals surface area contributed by atoms with Gasteiger partial charge >= 0.3 is 0 Å². The average molecular weight is 98.1 g/mol. The molecule has 0 saturated heterocycles. The minimum absolute atomic E-state index is 0.127. The van der Waals surface area contributed by atoms with E-state index < -0.39 is 0 Å². The van der Waals surface area contributed by atoms with Crippen LogP contribution in [0.4, 0.5) is 0 Å². The van der Waals surface area contributed by atoms with E-state index in [1.165, 1.54) is 0 Å². The fourth-order valence-corrected chi connectivity index (χ4v) is 0.284. The summed E-state index contributed by atoms with van der Waals surface area (Å²) in [5.74, 6) is 0.127. The van der Waals surface area contributed by atoms with Gasteiger partial charge in [0.2, 0.25) is 0 Å². The van der Waals surface area contributed by atoms with Gasteiger partial charge in [-0.2, -0.15) is 0 Å². The van der Waals surface area contributed by atoms with Crippen LogP contribution in [0.3, 0.4) is 0 Å². The van der Waals surface area contributed by atoms with Crippen LogP contribution >= 0.6 is 0 Å². The van der Waals surface area contributed by atoms with Crippen LogP contribution in [0, 0.1) is 0 Å². The molecular formula is C6H10O. The Kier molecular flexibility index (Phi) is 3.29. The van der Waals surface area contributed by atoms with Gasteiger partial charge in [0.15, 0.2) is 5.78 Å². The number of allylic oxidation sites excluding steroid dienone is 2. The van der Waals surface area contributed by atoms with Crippen molar-refractivity contribution in [2.45, 2.75) is 20.3 Å². The lowest BCUT2D eigenvalue weighted by Crippen LogP contribution is -1.77. The predicted octanol–water partition coefficient (Wildman–Crippen LogP) is 1.54. The Morgan fingerprint density at radius 1 is 1.71 bits per heavy atom. The van der Waals surface area contributed by atoms with Crippen molar-refractivity contribution in [3.8, 4) is 0 Å². The molecule has 40 valence electrons. The lowest BCUT2D eigenvalue weighted by Gasteiger charge is -1.73. The fraction of sp³-hybridized carbons (Fsp3) is 0.500. The Balaban J connectivity index is 3.26. The third-order valence-electron chi connectivity index (χ3n) is 0.588. The van der Waals surface area contributed by atoms with Crippen LogP contribution in [0.25, 0.3) is 0 Å². The van der Waals surface area contributed by atoms with E-state index >= 15 is 0 Å². The normalized spacial score (nSPS) is 10.0. The van der Waals surface area contributed by atoms with Gasteiger partial charge in [-0.15, -0.1) is 0 Å². The molecule has 7 heavy (non-hydrogen) atoms. The van der Waals surface area contributed by atoms with E-state index in [1.807, 2.05) is 13.0 Å². The largest absolute Gasteiger partial charge is 0.295 e. The van der Waals surface area contributed by atoms with Gasteiger partial charge in [0.25, 0.3) is 0 Å². The summed E-state index contributed by atoms with van der Waals surface area (Å²) in [6.07, 6.45) is 4.38. The number of hydrogen-bond donors (Lipinski definition) is 0. The van der Waals surface area contributed by atoms with Crippen molar-refractivity contribution in [2.24, 2.45) is 0 Å². The first-order chi connectivity index (χ1) is 3.27. The van der Waals surface area contributed by atoms with Crippen LogP contribution in [0.2, 0.25) is 0 Å². The molecule has 0 N–H and O–H groups in total. The minimum atomic E-state index is 0.127. The minimum Gasteiger partial charge on any atom is -0.295 e. The van der Waals surface area contributed by atoms with Crippen LogP contribution in [-0.2, 0) is 4.79 Å². The third kappa shape index (κ3) is 5.41. The third-order valence-corrected chi connectivity index (χ3v) is 0.588. The van der Waals surface area contributed by atoms with E-state index in [-0.39, 0.29) is 5.78 Å². The zero-order chi connectivity index (χ0) is 5.70. The van der Waals surface area contributed by atoms with Gasteiger partial charge in [-0.3, -0.25) is 4.79 Å². The number of carbonyl (C=O) groups excluding carboxylic acids is 1. The standard InChI is InChI=1S/C6H10O/c1-3-4-5-6(2)7/h4-5H,3H2,1-2H3/b5-4-. The first-order valence-electron chi connectivity index (χ1n) is 2.44. The van der Waals surface area contributed by atoms with Crippen molar-refractivity contribution >= 4 is 5.78 Å². The van der Waals surface area contributed by atoms with Crippen LogP contribution in [0.5, 0.6) is 0 Å². The Labute approximate surface area is 44.0 Å². The maximum atomic E-state index is 10.1. The smallest absolute Gasteiger partial charge is 0.152 e. The van der Waals surface area contributed by atoms with E-state index in [0.717, 1.165) is 6.42 Å². The Hall–Kier alpha value is -0.590. The van der Waals surface area contributed by atoms with Gasteiger partial charge in [0.1, 0.15) is 0 Å². The maximum Gasteiger partial charge on any atom is 0.152 e. The highest BCUT2D eigenvalue weighted by molar-refractivity contribution is 5.87. The topological polar surface area (TPSA) is 17.1 Å². The molecular weight excluding hydrogens is 88.1 g/mol. The molecule has 1 heteroatoms. The summed E-state index contributed by atoms with van der Waals surface area (Å²) in [6.45, 7) is 3.55. The van der Waals surface area contributed by atoms with E-state index in [2.05, 4.69) is 0 Å². The van der Waals surface area contributed by atoms with Gasteiger partial charge in [0, 0.05) is 0 Å². The van der Waals surface area contributed by atoms with Crippen LogP contribution < -0.4 is 0 Å². The van der Waals surface area contributed by atoms with Crippen LogP contribution in [0.15, 0.2) is 12.2 Å². The molecule has 1 nitrogen and oxygen atoms in total. The molecule has 0 radical (unpaired) electrons. The molecule has 0 aliphatic carbocycles. The van der Waals surface area contributed by atoms with Crippen LogP contribution in [0.1, 0.15) is 20.3 Å². The van der Waals surface area contributed by atoms with Gasteiger partial charge in [-0.1, -0.05) is 13.0 Å². The Morgan fingerprint density at radius 3 is 2.43 bits per heavy atom. The predicted molar refractivity (Wildman–Crippen MR) is 30.1 cm³/mol. The molecule has 0 aromatic heterocycles. The molecule has 0 heterocycles. The number of carbonyl (C=O) groups is 1. The average Bonchev–Trinajstić information content (AvgIpc) is 1.61. The van der Waals surface area contributed by atoms with Gasteiger partial charge in [-0.25, -0.2) is 0 Å². The number of ketones is 1. The lowest BCUT2D eigenvalue weighted by atomic mass is 10.3. The molecule has 0 rings (SSSR count). The summed E-state index contributed by atoms with van der Waals surface area (Å²) in [7, 11) is 0. The van der Waals surface area contributed by atoms with Crippen molar-refractivity contribution in [3.63, 3.8) is 0 Å². The van der Waals surface area contributed by atoms with E-state index in [9.17, 15) is 4.79 Å². The van der Waals surface area contributed by atoms with E-state index in [4.69, 9.17) is 0 Å². The maximum absolute atomic E-state index is 10.1. The first-order valence-corrected chi connectivity index (χ1v) is 2.44. The molecule has 0 aliphatic heterocycles. The SMILES string of the molecule is CC/C=C\C(C)=O. The summed E-state index contributed by atoms with van der Waals surface area (Å²) in [5.41, 5.74) is 0. The molecule has 0 amide bonds. The molecule has 0 aromatic rings. The van der Waals surface area contributed by atoms with Crippen molar-refractivity contribution < 1.29 is 4.79 Å². The Bertz CT molecular complexity index is 82.2. The molecule has 0 aliphatic rings. The zero-order valence-electron chi connectivity index (χ0n) is 4.77. The molecule has 0 bridgehead atoms. The Morgan fingerprint density at radius 2 is 2.29 bits per heavy atom. The fourth-order valence-electron chi connectivity index (χ4n) is 0.284. The van der Waals surface area contributed by atoms with Gasteiger partial charge in [-0.05, 0) is 19.4 Å². The highest BCUT2D eigenvalue weighted by Crippen LogP contribution is 1.78. The quantitative estimate of drug-likeness (QED) is 0.479. The van der Waals surface area contributed by atoms with Crippen molar-refractivity contribution in [2.75, 3.05) is 0 Å². The molecule has 0 unspecified atom stereocenters. The highest BCUT2D eigenvalue weighted by atomic mass is 16.1. The summed E-state index contributed by atoms with van der Waals surface area (Å²) in [6, 6.07) is 0. The summed E-state index contributed by atoms with van der Waals surface area (Å²) < 4.78 is 0. The number of rotatable bonds is 2. The summed E-state index contributed by atoms with van der Waals surface area (Å²) in [4.78, 5) is 10.1. The molecule has 0 atom stereocenters.